The molecule has 148 valence electrons. The maximum atomic E-state index is 12.4. The van der Waals surface area contributed by atoms with E-state index >= 15 is 0 Å². The monoisotopic (exact) mass is 416 g/mol. The second-order valence-corrected chi connectivity index (χ2v) is 6.84. The van der Waals surface area contributed by atoms with Crippen LogP contribution < -0.4 is 14.8 Å². The van der Waals surface area contributed by atoms with Gasteiger partial charge in [0.15, 0.2) is 17.6 Å². The summed E-state index contributed by atoms with van der Waals surface area (Å²) in [5.74, 6) is 0.288. The van der Waals surface area contributed by atoms with Crippen LogP contribution in [-0.2, 0) is 6.73 Å². The molecule has 0 fully saturated rings. The molecule has 0 aliphatic heterocycles. The minimum Gasteiger partial charge on any atom is -0.471 e. The van der Waals surface area contributed by atoms with Crippen LogP contribution in [0, 0.1) is 0 Å². The molecule has 1 N–H and O–H groups in total. The van der Waals surface area contributed by atoms with Gasteiger partial charge in [0, 0.05) is 6.20 Å². The standard InChI is InChI=1S/C19H14F2N4O3S/c20-18(21)28-13-6-7-14-16(10-13)29-19(22-14)23-17(26)15-8-9-25(24-15)11-27-12-4-2-1-3-5-12/h1-10,18H,11H2,(H,22,23,26). The number of rotatable bonds is 7. The van der Waals surface area contributed by atoms with Gasteiger partial charge in [-0.1, -0.05) is 29.5 Å². The first-order valence-electron chi connectivity index (χ1n) is 8.45. The Kier molecular flexibility index (Phi) is 5.34. The quantitative estimate of drug-likeness (QED) is 0.484. The number of alkyl halides is 2. The summed E-state index contributed by atoms with van der Waals surface area (Å²) in [5.41, 5.74) is 0.761. The number of hydrogen-bond donors (Lipinski definition) is 1. The average molecular weight is 416 g/mol. The van der Waals surface area contributed by atoms with E-state index in [0.29, 0.717) is 21.1 Å². The molecule has 4 rings (SSSR count). The van der Waals surface area contributed by atoms with Crippen molar-refractivity contribution in [2.45, 2.75) is 13.3 Å². The summed E-state index contributed by atoms with van der Waals surface area (Å²) < 4.78 is 36.7. The SMILES string of the molecule is O=C(Nc1nc2ccc(OC(F)F)cc2s1)c1ccn(COc2ccccc2)n1. The third-order valence-electron chi connectivity index (χ3n) is 3.79. The fourth-order valence-corrected chi connectivity index (χ4v) is 3.40. The third-order valence-corrected chi connectivity index (χ3v) is 4.72. The molecule has 0 aliphatic carbocycles. The molecule has 2 heterocycles. The number of benzene rings is 2. The summed E-state index contributed by atoms with van der Waals surface area (Å²) in [6, 6.07) is 15.2. The zero-order valence-corrected chi connectivity index (χ0v) is 15.6. The normalized spacial score (nSPS) is 11.0. The van der Waals surface area contributed by atoms with Gasteiger partial charge in [0.2, 0.25) is 0 Å². The van der Waals surface area contributed by atoms with Crippen molar-refractivity contribution in [3.8, 4) is 11.5 Å². The van der Waals surface area contributed by atoms with Gasteiger partial charge in [-0.15, -0.1) is 0 Å². The number of carbonyl (C=O) groups is 1. The van der Waals surface area contributed by atoms with E-state index in [1.165, 1.54) is 16.8 Å². The van der Waals surface area contributed by atoms with Gasteiger partial charge in [0.1, 0.15) is 11.5 Å². The Bertz CT molecular complexity index is 1130. The molecule has 2 aromatic carbocycles. The van der Waals surface area contributed by atoms with Crippen LogP contribution in [0.15, 0.2) is 60.8 Å². The Morgan fingerprint density at radius 2 is 1.97 bits per heavy atom. The first-order valence-corrected chi connectivity index (χ1v) is 9.26. The van der Waals surface area contributed by atoms with Crippen LogP contribution >= 0.6 is 11.3 Å². The molecule has 29 heavy (non-hydrogen) atoms. The van der Waals surface area contributed by atoms with E-state index in [9.17, 15) is 13.6 Å². The van der Waals surface area contributed by atoms with Crippen LogP contribution in [0.3, 0.4) is 0 Å². The lowest BCUT2D eigenvalue weighted by Crippen LogP contribution is -2.14. The highest BCUT2D eigenvalue weighted by atomic mass is 32.1. The largest absolute Gasteiger partial charge is 0.471 e. The predicted octanol–water partition coefficient (Wildman–Crippen LogP) is 4.38. The lowest BCUT2D eigenvalue weighted by atomic mass is 10.3. The minimum absolute atomic E-state index is 0.0335. The van der Waals surface area contributed by atoms with Gasteiger partial charge in [0.05, 0.1) is 10.2 Å². The van der Waals surface area contributed by atoms with Crippen LogP contribution in [-0.4, -0.2) is 27.3 Å². The first-order chi connectivity index (χ1) is 14.1. The van der Waals surface area contributed by atoms with Crippen molar-refractivity contribution in [1.82, 2.24) is 14.8 Å². The Balaban J connectivity index is 1.40. The number of hydrogen-bond acceptors (Lipinski definition) is 6. The molecule has 1 amide bonds. The summed E-state index contributed by atoms with van der Waals surface area (Å²) >= 11 is 1.15. The van der Waals surface area contributed by atoms with Crippen molar-refractivity contribution in [1.29, 1.82) is 0 Å². The van der Waals surface area contributed by atoms with Gasteiger partial charge in [-0.2, -0.15) is 13.9 Å². The number of nitrogens with one attached hydrogen (secondary N) is 1. The molecule has 0 unspecified atom stereocenters. The topological polar surface area (TPSA) is 78.3 Å². The van der Waals surface area contributed by atoms with Crippen molar-refractivity contribution >= 4 is 32.6 Å². The fourth-order valence-electron chi connectivity index (χ4n) is 2.51. The molecule has 2 aromatic heterocycles. The van der Waals surface area contributed by atoms with Crippen LogP contribution in [0.5, 0.6) is 11.5 Å². The Morgan fingerprint density at radius 3 is 2.76 bits per heavy atom. The molecule has 0 spiro atoms. The number of amides is 1. The molecule has 0 bridgehead atoms. The highest BCUT2D eigenvalue weighted by Crippen LogP contribution is 2.30. The van der Waals surface area contributed by atoms with Crippen molar-refractivity contribution in [2.24, 2.45) is 0 Å². The van der Waals surface area contributed by atoms with Crippen LogP contribution in [0.4, 0.5) is 13.9 Å². The predicted molar refractivity (Wildman–Crippen MR) is 104 cm³/mol. The van der Waals surface area contributed by atoms with E-state index in [4.69, 9.17) is 4.74 Å². The zero-order valence-electron chi connectivity index (χ0n) is 14.8. The summed E-state index contributed by atoms with van der Waals surface area (Å²) in [5, 5.41) is 7.16. The summed E-state index contributed by atoms with van der Waals surface area (Å²) in [6.45, 7) is -2.74. The van der Waals surface area contributed by atoms with Crippen molar-refractivity contribution < 1.29 is 23.0 Å². The number of aromatic nitrogens is 3. The number of anilines is 1. The van der Waals surface area contributed by atoms with E-state index in [1.807, 2.05) is 30.3 Å². The van der Waals surface area contributed by atoms with Gasteiger partial charge in [0.25, 0.3) is 5.91 Å². The number of halogens is 2. The molecule has 0 saturated carbocycles. The lowest BCUT2D eigenvalue weighted by molar-refractivity contribution is -0.0497. The second kappa shape index (κ2) is 8.23. The molecule has 7 nitrogen and oxygen atoms in total. The average Bonchev–Trinajstić information content (AvgIpc) is 3.33. The number of fused-ring (bicyclic) bond motifs is 1. The summed E-state index contributed by atoms with van der Waals surface area (Å²) in [4.78, 5) is 16.7. The highest BCUT2D eigenvalue weighted by molar-refractivity contribution is 7.22. The van der Waals surface area contributed by atoms with Gasteiger partial charge in [-0.25, -0.2) is 9.67 Å². The van der Waals surface area contributed by atoms with Gasteiger partial charge >= 0.3 is 6.61 Å². The Morgan fingerprint density at radius 1 is 1.14 bits per heavy atom. The number of para-hydroxylation sites is 1. The molecule has 10 heteroatoms. The fraction of sp³-hybridized carbons (Fsp3) is 0.105. The van der Waals surface area contributed by atoms with Crippen molar-refractivity contribution in [2.75, 3.05) is 5.32 Å². The maximum Gasteiger partial charge on any atom is 0.387 e. The van der Waals surface area contributed by atoms with Crippen LogP contribution in [0.1, 0.15) is 10.5 Å². The third kappa shape index (κ3) is 4.66. The van der Waals surface area contributed by atoms with Crippen LogP contribution in [0.25, 0.3) is 10.2 Å². The molecular formula is C19H14F2N4O3S. The maximum absolute atomic E-state index is 12.4. The number of ether oxygens (including phenoxy) is 2. The van der Waals surface area contributed by atoms with E-state index in [0.717, 1.165) is 11.3 Å². The first kappa shape index (κ1) is 18.8. The summed E-state index contributed by atoms with van der Waals surface area (Å²) in [7, 11) is 0. The van der Waals surface area contributed by atoms with Gasteiger partial charge in [-0.3, -0.25) is 10.1 Å². The zero-order chi connectivity index (χ0) is 20.2. The van der Waals surface area contributed by atoms with E-state index in [1.54, 1.807) is 18.3 Å². The molecule has 0 atom stereocenters. The number of thiazole rings is 1. The number of nitrogens with zero attached hydrogens (tertiary/aromatic N) is 3. The smallest absolute Gasteiger partial charge is 0.387 e. The number of carbonyl (C=O) groups excluding carboxylic acids is 1. The van der Waals surface area contributed by atoms with E-state index in [2.05, 4.69) is 20.1 Å². The van der Waals surface area contributed by atoms with Gasteiger partial charge in [-0.05, 0) is 36.4 Å². The minimum atomic E-state index is -2.90. The molecule has 4 aromatic rings. The van der Waals surface area contributed by atoms with Crippen molar-refractivity contribution in [3.63, 3.8) is 0 Å². The Labute approximate surface area is 167 Å². The molecular weight excluding hydrogens is 402 g/mol. The van der Waals surface area contributed by atoms with E-state index < -0.39 is 12.5 Å². The lowest BCUT2D eigenvalue weighted by Gasteiger charge is -2.05. The van der Waals surface area contributed by atoms with Crippen LogP contribution in [0.2, 0.25) is 0 Å². The second-order valence-electron chi connectivity index (χ2n) is 5.81. The van der Waals surface area contributed by atoms with Gasteiger partial charge < -0.3 is 9.47 Å². The molecule has 0 aliphatic rings. The summed E-state index contributed by atoms with van der Waals surface area (Å²) in [6.07, 6.45) is 1.63. The highest BCUT2D eigenvalue weighted by Gasteiger charge is 2.14. The molecule has 0 radical (unpaired) electrons. The van der Waals surface area contributed by atoms with E-state index in [-0.39, 0.29) is 18.2 Å². The Hall–Kier alpha value is -3.53. The van der Waals surface area contributed by atoms with Crippen molar-refractivity contribution in [3.05, 3.63) is 66.5 Å². The molecule has 0 saturated heterocycles.